The summed E-state index contributed by atoms with van der Waals surface area (Å²) in [6.07, 6.45) is 20.9. The van der Waals surface area contributed by atoms with Crippen LogP contribution in [0, 0.1) is 17.8 Å². The number of nitrogens with two attached hydrogens (primary N) is 1. The molecule has 0 amide bonds. The van der Waals surface area contributed by atoms with Crippen molar-refractivity contribution in [3.05, 3.63) is 76.0 Å². The lowest BCUT2D eigenvalue weighted by Crippen LogP contribution is -2.39. The molecule has 4 rings (SSSR count). The first-order chi connectivity index (χ1) is 19.0. The number of allylic oxidation sites excluding steroid dienone is 8. The summed E-state index contributed by atoms with van der Waals surface area (Å²) >= 11 is 6.51. The van der Waals surface area contributed by atoms with Crippen molar-refractivity contribution in [2.45, 2.75) is 91.0 Å². The lowest BCUT2D eigenvalue weighted by Gasteiger charge is -2.36. The van der Waals surface area contributed by atoms with Crippen LogP contribution in [-0.2, 0) is 4.74 Å². The van der Waals surface area contributed by atoms with E-state index in [4.69, 9.17) is 22.1 Å². The van der Waals surface area contributed by atoms with E-state index < -0.39 is 0 Å². The van der Waals surface area contributed by atoms with Crippen molar-refractivity contribution >= 4 is 17.2 Å². The minimum absolute atomic E-state index is 0.454. The number of nitrogens with zero attached hydrogens (tertiary/aromatic N) is 1. The van der Waals surface area contributed by atoms with E-state index in [0.717, 1.165) is 55.8 Å². The molecule has 4 heteroatoms. The summed E-state index contributed by atoms with van der Waals surface area (Å²) in [7, 11) is 0. The molecule has 214 valence electrons. The van der Waals surface area contributed by atoms with Gasteiger partial charge in [-0.2, -0.15) is 0 Å². The zero-order valence-electron chi connectivity index (χ0n) is 24.6. The molecule has 2 N–H and O–H groups in total. The van der Waals surface area contributed by atoms with Crippen molar-refractivity contribution in [3.63, 3.8) is 0 Å². The Morgan fingerprint density at radius 2 is 1.72 bits per heavy atom. The van der Waals surface area contributed by atoms with Gasteiger partial charge in [-0.05, 0) is 104 Å². The van der Waals surface area contributed by atoms with Gasteiger partial charge in [-0.1, -0.05) is 80.8 Å². The summed E-state index contributed by atoms with van der Waals surface area (Å²) in [6.45, 7) is 10.7. The van der Waals surface area contributed by atoms with Crippen LogP contribution in [-0.4, -0.2) is 31.2 Å². The Balaban J connectivity index is 1.40. The van der Waals surface area contributed by atoms with Crippen LogP contribution in [0.1, 0.15) is 102 Å². The minimum Gasteiger partial charge on any atom is -0.402 e. The SMILES string of the molecule is CCC1C=C(Cl)C=C(C(CC)CCC(CC)CCC(c2ccc(C3=CCCC(N)=C3)cc2)N2CCOCC2)C1. The molecular weight excluding hydrogens is 500 g/mol. The second-order valence-corrected chi connectivity index (χ2v) is 12.3. The Kier molecular flexibility index (Phi) is 11.8. The molecule has 1 heterocycles. The number of benzene rings is 1. The van der Waals surface area contributed by atoms with E-state index in [2.05, 4.69) is 74.2 Å². The van der Waals surface area contributed by atoms with Crippen molar-refractivity contribution < 1.29 is 4.74 Å². The molecule has 1 aromatic rings. The van der Waals surface area contributed by atoms with Crippen LogP contribution in [0.15, 0.2) is 64.9 Å². The molecule has 1 aliphatic heterocycles. The smallest absolute Gasteiger partial charge is 0.0594 e. The van der Waals surface area contributed by atoms with Gasteiger partial charge < -0.3 is 10.5 Å². The highest BCUT2D eigenvalue weighted by Gasteiger charge is 2.25. The fourth-order valence-electron chi connectivity index (χ4n) is 6.73. The van der Waals surface area contributed by atoms with E-state index in [-0.39, 0.29) is 0 Å². The van der Waals surface area contributed by atoms with Crippen LogP contribution in [0.25, 0.3) is 5.57 Å². The predicted molar refractivity (Wildman–Crippen MR) is 168 cm³/mol. The average molecular weight is 551 g/mol. The maximum absolute atomic E-state index is 6.51. The van der Waals surface area contributed by atoms with Crippen molar-refractivity contribution in [1.29, 1.82) is 0 Å². The number of hydrogen-bond acceptors (Lipinski definition) is 3. The summed E-state index contributed by atoms with van der Waals surface area (Å²) in [6, 6.07) is 9.78. The van der Waals surface area contributed by atoms with E-state index in [1.165, 1.54) is 68.1 Å². The van der Waals surface area contributed by atoms with E-state index in [1.807, 2.05) is 0 Å². The topological polar surface area (TPSA) is 38.5 Å². The molecule has 1 saturated heterocycles. The summed E-state index contributed by atoms with van der Waals surface area (Å²) in [5.41, 5.74) is 12.7. The van der Waals surface area contributed by atoms with Gasteiger partial charge in [0.25, 0.3) is 0 Å². The van der Waals surface area contributed by atoms with Gasteiger partial charge in [-0.15, -0.1) is 0 Å². The molecule has 0 aromatic heterocycles. The third kappa shape index (κ3) is 8.59. The molecule has 2 aliphatic carbocycles. The number of ether oxygens (including phenoxy) is 1. The van der Waals surface area contributed by atoms with Gasteiger partial charge in [0.05, 0.1) is 13.2 Å². The quantitative estimate of drug-likeness (QED) is 0.266. The van der Waals surface area contributed by atoms with Crippen molar-refractivity contribution in [2.24, 2.45) is 23.5 Å². The van der Waals surface area contributed by atoms with E-state index in [9.17, 15) is 0 Å². The zero-order chi connectivity index (χ0) is 27.6. The third-order valence-corrected chi connectivity index (χ3v) is 9.60. The Bertz CT molecular complexity index is 1030. The molecule has 4 unspecified atom stereocenters. The normalized spacial score (nSPS) is 22.8. The number of morpholine rings is 1. The summed E-state index contributed by atoms with van der Waals surface area (Å²) in [4.78, 5) is 2.66. The third-order valence-electron chi connectivity index (χ3n) is 9.36. The van der Waals surface area contributed by atoms with Crippen molar-refractivity contribution in [1.82, 2.24) is 4.90 Å². The van der Waals surface area contributed by atoms with Crippen LogP contribution in [0.5, 0.6) is 0 Å². The minimum atomic E-state index is 0.454. The van der Waals surface area contributed by atoms with Crippen LogP contribution >= 0.6 is 11.6 Å². The van der Waals surface area contributed by atoms with Gasteiger partial charge in [-0.25, -0.2) is 0 Å². The zero-order valence-corrected chi connectivity index (χ0v) is 25.4. The highest BCUT2D eigenvalue weighted by Crippen LogP contribution is 2.37. The highest BCUT2D eigenvalue weighted by molar-refractivity contribution is 6.31. The van der Waals surface area contributed by atoms with Gasteiger partial charge in [0.1, 0.15) is 0 Å². The molecular formula is C35H51ClN2O. The maximum Gasteiger partial charge on any atom is 0.0594 e. The first-order valence-electron chi connectivity index (χ1n) is 15.7. The number of rotatable bonds is 13. The molecule has 3 aliphatic rings. The molecule has 39 heavy (non-hydrogen) atoms. The molecule has 1 aromatic carbocycles. The monoisotopic (exact) mass is 550 g/mol. The second kappa shape index (κ2) is 15.3. The van der Waals surface area contributed by atoms with E-state index in [1.54, 1.807) is 5.57 Å². The van der Waals surface area contributed by atoms with Crippen LogP contribution in [0.3, 0.4) is 0 Å². The average Bonchev–Trinajstić information content (AvgIpc) is 2.97. The first kappa shape index (κ1) is 30.2. The molecule has 0 radical (unpaired) electrons. The second-order valence-electron chi connectivity index (χ2n) is 11.9. The molecule has 0 spiro atoms. The summed E-state index contributed by atoms with van der Waals surface area (Å²) < 4.78 is 5.71. The number of hydrogen-bond donors (Lipinski definition) is 1. The molecule has 3 nitrogen and oxygen atoms in total. The maximum atomic E-state index is 6.51. The molecule has 1 fully saturated rings. The van der Waals surface area contributed by atoms with Gasteiger partial charge in [0.15, 0.2) is 0 Å². The predicted octanol–water partition coefficient (Wildman–Crippen LogP) is 9.17. The van der Waals surface area contributed by atoms with Gasteiger partial charge in [0.2, 0.25) is 0 Å². The lowest BCUT2D eigenvalue weighted by molar-refractivity contribution is 0.0127. The van der Waals surface area contributed by atoms with Crippen LogP contribution < -0.4 is 5.73 Å². The van der Waals surface area contributed by atoms with Crippen molar-refractivity contribution in [2.75, 3.05) is 26.3 Å². The van der Waals surface area contributed by atoms with Gasteiger partial charge in [-0.3, -0.25) is 4.90 Å². The number of halogens is 1. The Morgan fingerprint density at radius 1 is 0.974 bits per heavy atom. The Morgan fingerprint density at radius 3 is 2.38 bits per heavy atom. The Hall–Kier alpha value is -1.81. The van der Waals surface area contributed by atoms with Gasteiger partial charge in [0, 0.05) is 29.9 Å². The van der Waals surface area contributed by atoms with Crippen LogP contribution in [0.4, 0.5) is 0 Å². The van der Waals surface area contributed by atoms with Crippen LogP contribution in [0.2, 0.25) is 0 Å². The largest absolute Gasteiger partial charge is 0.402 e. The fraction of sp³-hybridized carbons (Fsp3) is 0.600. The van der Waals surface area contributed by atoms with E-state index >= 15 is 0 Å². The lowest BCUT2D eigenvalue weighted by atomic mass is 9.80. The summed E-state index contributed by atoms with van der Waals surface area (Å²) in [5, 5.41) is 0.951. The molecule has 4 atom stereocenters. The molecule has 0 saturated carbocycles. The van der Waals surface area contributed by atoms with E-state index in [0.29, 0.717) is 17.9 Å². The van der Waals surface area contributed by atoms with Crippen molar-refractivity contribution in [3.8, 4) is 0 Å². The van der Waals surface area contributed by atoms with Gasteiger partial charge >= 0.3 is 0 Å². The summed E-state index contributed by atoms with van der Waals surface area (Å²) in [5.74, 6) is 2.03. The fourth-order valence-corrected chi connectivity index (χ4v) is 7.04. The standard InChI is InChI=1S/C35H51ClN2O/c1-4-26(10-12-28(6-3)32-22-27(5-2)23-33(36)24-32)11-17-35(38-18-20-39-21-19-38)30-15-13-29(14-16-30)31-8-7-9-34(37)25-31/h8,13-16,23-28,35H,4-7,9-12,17-22,37H2,1-3H3. The first-order valence-corrected chi connectivity index (χ1v) is 16.0. The highest BCUT2D eigenvalue weighted by atomic mass is 35.5. The molecule has 0 bridgehead atoms. The Labute approximate surface area is 243 Å².